The van der Waals surface area contributed by atoms with Gasteiger partial charge < -0.3 is 14.6 Å². The molecule has 0 saturated heterocycles. The lowest BCUT2D eigenvalue weighted by Crippen LogP contribution is -2.16. The Morgan fingerprint density at radius 3 is 2.95 bits per heavy atom. The molecule has 8 heteroatoms. The smallest absolute Gasteiger partial charge is 0.339 e. The van der Waals surface area contributed by atoms with E-state index in [1.165, 1.54) is 10.7 Å². The monoisotopic (exact) mass is 299 g/mol. The SMILES string of the molecule is COCCO[C@H](C)c1c(C(=O)O)cnc2cc(Cl)nn12. The van der Waals surface area contributed by atoms with Gasteiger partial charge in [-0.1, -0.05) is 11.6 Å². The van der Waals surface area contributed by atoms with Gasteiger partial charge in [-0.25, -0.2) is 14.3 Å². The third-order valence-corrected chi connectivity index (χ3v) is 2.95. The number of rotatable bonds is 6. The first-order valence-electron chi connectivity index (χ1n) is 5.92. The van der Waals surface area contributed by atoms with Crippen LogP contribution in [0.2, 0.25) is 5.15 Å². The third kappa shape index (κ3) is 2.90. The molecule has 0 unspecified atom stereocenters. The van der Waals surface area contributed by atoms with Gasteiger partial charge in [-0.15, -0.1) is 0 Å². The summed E-state index contributed by atoms with van der Waals surface area (Å²) in [6.07, 6.45) is 0.791. The Balaban J connectivity index is 2.46. The molecule has 0 amide bonds. The zero-order valence-electron chi connectivity index (χ0n) is 11.0. The van der Waals surface area contributed by atoms with Gasteiger partial charge in [-0.2, -0.15) is 5.10 Å². The van der Waals surface area contributed by atoms with Crippen LogP contribution in [0.1, 0.15) is 29.1 Å². The van der Waals surface area contributed by atoms with Crippen LogP contribution < -0.4 is 0 Å². The van der Waals surface area contributed by atoms with Crippen molar-refractivity contribution in [1.29, 1.82) is 0 Å². The van der Waals surface area contributed by atoms with Gasteiger partial charge >= 0.3 is 5.97 Å². The van der Waals surface area contributed by atoms with E-state index in [0.29, 0.717) is 24.6 Å². The number of halogens is 1. The van der Waals surface area contributed by atoms with Crippen LogP contribution in [0.5, 0.6) is 0 Å². The van der Waals surface area contributed by atoms with Crippen molar-refractivity contribution in [3.63, 3.8) is 0 Å². The van der Waals surface area contributed by atoms with Gasteiger partial charge in [0.1, 0.15) is 5.56 Å². The van der Waals surface area contributed by atoms with Gasteiger partial charge in [0.05, 0.1) is 25.0 Å². The van der Waals surface area contributed by atoms with E-state index in [9.17, 15) is 9.90 Å². The first-order valence-corrected chi connectivity index (χ1v) is 6.30. The van der Waals surface area contributed by atoms with E-state index in [4.69, 9.17) is 21.1 Å². The predicted octanol–water partition coefficient (Wildman–Crippen LogP) is 1.80. The molecule has 20 heavy (non-hydrogen) atoms. The van der Waals surface area contributed by atoms with Crippen LogP contribution in [0, 0.1) is 0 Å². The lowest BCUT2D eigenvalue weighted by atomic mass is 10.1. The summed E-state index contributed by atoms with van der Waals surface area (Å²) in [5, 5.41) is 13.5. The second kappa shape index (κ2) is 6.17. The van der Waals surface area contributed by atoms with Crippen LogP contribution in [0.4, 0.5) is 0 Å². The number of ether oxygens (including phenoxy) is 2. The third-order valence-electron chi connectivity index (χ3n) is 2.76. The summed E-state index contributed by atoms with van der Waals surface area (Å²) >= 11 is 5.84. The predicted molar refractivity (Wildman–Crippen MR) is 71.2 cm³/mol. The summed E-state index contributed by atoms with van der Waals surface area (Å²) in [5.74, 6) is -1.09. The summed E-state index contributed by atoms with van der Waals surface area (Å²) in [7, 11) is 1.56. The summed E-state index contributed by atoms with van der Waals surface area (Å²) in [4.78, 5) is 15.3. The summed E-state index contributed by atoms with van der Waals surface area (Å²) < 4.78 is 11.8. The Morgan fingerprint density at radius 2 is 2.30 bits per heavy atom. The van der Waals surface area contributed by atoms with Crippen molar-refractivity contribution in [2.24, 2.45) is 0 Å². The highest BCUT2D eigenvalue weighted by molar-refractivity contribution is 6.29. The maximum absolute atomic E-state index is 11.3. The highest BCUT2D eigenvalue weighted by atomic mass is 35.5. The van der Waals surface area contributed by atoms with Crippen LogP contribution in [0.15, 0.2) is 12.3 Å². The maximum atomic E-state index is 11.3. The number of aromatic carboxylic acids is 1. The Kier molecular flexibility index (Phi) is 4.53. The number of nitrogens with zero attached hydrogens (tertiary/aromatic N) is 3. The lowest BCUT2D eigenvalue weighted by Gasteiger charge is -2.16. The maximum Gasteiger partial charge on any atom is 0.339 e. The number of hydrogen-bond acceptors (Lipinski definition) is 5. The van der Waals surface area contributed by atoms with E-state index in [1.54, 1.807) is 20.1 Å². The Labute approximate surface area is 120 Å². The van der Waals surface area contributed by atoms with Crippen molar-refractivity contribution in [1.82, 2.24) is 14.6 Å². The molecular formula is C12H14ClN3O4. The molecule has 0 fully saturated rings. The second-order valence-corrected chi connectivity index (χ2v) is 4.49. The minimum absolute atomic E-state index is 0.0298. The molecule has 0 radical (unpaired) electrons. The Hall–Kier alpha value is -1.70. The Bertz CT molecular complexity index is 628. The highest BCUT2D eigenvalue weighted by Crippen LogP contribution is 2.23. The fourth-order valence-electron chi connectivity index (χ4n) is 1.87. The van der Waals surface area contributed by atoms with Crippen molar-refractivity contribution >= 4 is 23.2 Å². The molecule has 1 N–H and O–H groups in total. The average molecular weight is 300 g/mol. The van der Waals surface area contributed by atoms with Crippen molar-refractivity contribution in [3.05, 3.63) is 28.7 Å². The second-order valence-electron chi connectivity index (χ2n) is 4.11. The van der Waals surface area contributed by atoms with Gasteiger partial charge in [0.15, 0.2) is 10.8 Å². The van der Waals surface area contributed by atoms with Gasteiger partial charge in [0.25, 0.3) is 0 Å². The molecule has 0 aromatic carbocycles. The van der Waals surface area contributed by atoms with E-state index in [-0.39, 0.29) is 10.7 Å². The normalized spacial score (nSPS) is 12.8. The lowest BCUT2D eigenvalue weighted by molar-refractivity contribution is 0.0216. The van der Waals surface area contributed by atoms with E-state index in [1.807, 2.05) is 0 Å². The molecule has 108 valence electrons. The van der Waals surface area contributed by atoms with Crippen molar-refractivity contribution in [2.75, 3.05) is 20.3 Å². The van der Waals surface area contributed by atoms with Crippen LogP contribution in [-0.2, 0) is 9.47 Å². The van der Waals surface area contributed by atoms with Gasteiger partial charge in [0, 0.05) is 19.4 Å². The van der Waals surface area contributed by atoms with Crippen LogP contribution in [0.3, 0.4) is 0 Å². The molecule has 0 aliphatic rings. The highest BCUT2D eigenvalue weighted by Gasteiger charge is 2.21. The summed E-state index contributed by atoms with van der Waals surface area (Å²) in [5.41, 5.74) is 0.893. The van der Waals surface area contributed by atoms with Crippen molar-refractivity contribution < 1.29 is 19.4 Å². The molecular weight excluding hydrogens is 286 g/mol. The minimum atomic E-state index is -1.09. The van der Waals surface area contributed by atoms with Gasteiger partial charge in [-0.05, 0) is 6.92 Å². The number of carboxylic acid groups (broad SMARTS) is 1. The quantitative estimate of drug-likeness (QED) is 0.819. The first-order chi connectivity index (χ1) is 9.54. The number of methoxy groups -OCH3 is 1. The molecule has 2 rings (SSSR count). The molecule has 7 nitrogen and oxygen atoms in total. The van der Waals surface area contributed by atoms with Crippen molar-refractivity contribution in [3.8, 4) is 0 Å². The summed E-state index contributed by atoms with van der Waals surface area (Å²) in [6, 6.07) is 1.55. The molecule has 2 heterocycles. The number of fused-ring (bicyclic) bond motifs is 1. The Morgan fingerprint density at radius 1 is 1.55 bits per heavy atom. The number of hydrogen-bond donors (Lipinski definition) is 1. The molecule has 1 atom stereocenters. The molecule has 0 aliphatic heterocycles. The van der Waals surface area contributed by atoms with E-state index in [0.717, 1.165) is 0 Å². The number of carboxylic acids is 1. The first kappa shape index (κ1) is 14.7. The molecule has 0 spiro atoms. The molecule has 2 aromatic heterocycles. The van der Waals surface area contributed by atoms with Crippen LogP contribution >= 0.6 is 11.6 Å². The van der Waals surface area contributed by atoms with Crippen molar-refractivity contribution in [2.45, 2.75) is 13.0 Å². The van der Waals surface area contributed by atoms with Crippen LogP contribution in [-0.4, -0.2) is 46.0 Å². The molecule has 0 aliphatic carbocycles. The molecule has 0 saturated carbocycles. The van der Waals surface area contributed by atoms with Gasteiger partial charge in [0.2, 0.25) is 0 Å². The average Bonchev–Trinajstić information content (AvgIpc) is 2.77. The topological polar surface area (TPSA) is 86.0 Å². The summed E-state index contributed by atoms with van der Waals surface area (Å²) in [6.45, 7) is 2.50. The molecule has 2 aromatic rings. The van der Waals surface area contributed by atoms with E-state index < -0.39 is 12.1 Å². The fraction of sp³-hybridized carbons (Fsp3) is 0.417. The standard InChI is InChI=1S/C12H14ClN3O4/c1-7(20-4-3-19-2)11-8(12(17)18)6-14-10-5-9(13)15-16(10)11/h5-7H,3-4H2,1-2H3,(H,17,18)/t7-/m1/s1. The largest absolute Gasteiger partial charge is 0.478 e. The molecule has 0 bridgehead atoms. The minimum Gasteiger partial charge on any atom is -0.478 e. The zero-order chi connectivity index (χ0) is 14.7. The zero-order valence-corrected chi connectivity index (χ0v) is 11.8. The van der Waals surface area contributed by atoms with Crippen LogP contribution in [0.25, 0.3) is 5.65 Å². The number of aromatic nitrogens is 3. The fourth-order valence-corrected chi connectivity index (χ4v) is 2.04. The van der Waals surface area contributed by atoms with E-state index >= 15 is 0 Å². The van der Waals surface area contributed by atoms with Gasteiger partial charge in [-0.3, -0.25) is 0 Å². The number of carbonyl (C=O) groups is 1. The van der Waals surface area contributed by atoms with E-state index in [2.05, 4.69) is 10.1 Å².